The van der Waals surface area contributed by atoms with Gasteiger partial charge in [0.2, 0.25) is 10.0 Å². The van der Waals surface area contributed by atoms with Crippen LogP contribution in [-0.4, -0.2) is 8.42 Å². The van der Waals surface area contributed by atoms with Crippen LogP contribution in [0, 0.1) is 11.6 Å². The number of sulfonamides is 1. The number of hydrogen-bond acceptors (Lipinski definition) is 3. The molecule has 2 aromatic rings. The van der Waals surface area contributed by atoms with Gasteiger partial charge in [0, 0.05) is 6.54 Å². The molecule has 0 aliphatic heterocycles. The van der Waals surface area contributed by atoms with Crippen LogP contribution in [0.5, 0.6) is 0 Å². The van der Waals surface area contributed by atoms with Crippen LogP contribution in [0.25, 0.3) is 0 Å². The first kappa shape index (κ1) is 15.7. The Bertz CT molecular complexity index is 782. The smallest absolute Gasteiger partial charge is 0.242 e. The minimum Gasteiger partial charge on any atom is -0.398 e. The molecule has 0 spiro atoms. The second-order valence-corrected chi connectivity index (χ2v) is 6.40. The summed E-state index contributed by atoms with van der Waals surface area (Å²) in [6.07, 6.45) is 0. The van der Waals surface area contributed by atoms with E-state index >= 15 is 0 Å². The summed E-state index contributed by atoms with van der Waals surface area (Å²) in [6.45, 7) is -0.0981. The molecule has 0 bridgehead atoms. The zero-order chi connectivity index (χ0) is 15.6. The van der Waals surface area contributed by atoms with E-state index in [4.69, 9.17) is 17.3 Å². The molecular formula is C13H11ClF2N2O2S. The number of nitrogens with two attached hydrogens (primary N) is 1. The SMILES string of the molecule is Nc1cc(F)ccc1S(=O)(=O)NCc1ccc(F)c(Cl)c1. The summed E-state index contributed by atoms with van der Waals surface area (Å²) in [5.74, 6) is -1.22. The highest BCUT2D eigenvalue weighted by Gasteiger charge is 2.17. The second kappa shape index (κ2) is 5.97. The number of rotatable bonds is 4. The maximum absolute atomic E-state index is 13.0. The molecule has 2 rings (SSSR count). The first-order chi connectivity index (χ1) is 9.79. The van der Waals surface area contributed by atoms with Gasteiger partial charge in [0.25, 0.3) is 0 Å². The van der Waals surface area contributed by atoms with Crippen molar-refractivity contribution in [1.82, 2.24) is 4.72 Å². The fourth-order valence-electron chi connectivity index (χ4n) is 1.67. The number of hydrogen-bond donors (Lipinski definition) is 2. The Morgan fingerprint density at radius 3 is 2.48 bits per heavy atom. The Labute approximate surface area is 125 Å². The molecule has 0 fully saturated rings. The number of nitrogen functional groups attached to an aromatic ring is 1. The number of halogens is 3. The van der Waals surface area contributed by atoms with Crippen molar-refractivity contribution in [1.29, 1.82) is 0 Å². The van der Waals surface area contributed by atoms with E-state index in [9.17, 15) is 17.2 Å². The summed E-state index contributed by atoms with van der Waals surface area (Å²) >= 11 is 5.61. The van der Waals surface area contributed by atoms with Crippen molar-refractivity contribution in [3.8, 4) is 0 Å². The monoisotopic (exact) mass is 332 g/mol. The molecule has 8 heteroatoms. The maximum Gasteiger partial charge on any atom is 0.242 e. The van der Waals surface area contributed by atoms with Crippen molar-refractivity contribution < 1.29 is 17.2 Å². The zero-order valence-corrected chi connectivity index (χ0v) is 12.2. The molecule has 0 atom stereocenters. The molecule has 0 saturated heterocycles. The molecule has 21 heavy (non-hydrogen) atoms. The van der Waals surface area contributed by atoms with Crippen molar-refractivity contribution in [3.63, 3.8) is 0 Å². The molecule has 2 aromatic carbocycles. The van der Waals surface area contributed by atoms with Crippen molar-refractivity contribution in [2.24, 2.45) is 0 Å². The Morgan fingerprint density at radius 1 is 1.14 bits per heavy atom. The Kier molecular flexibility index (Phi) is 4.46. The molecule has 3 N–H and O–H groups in total. The van der Waals surface area contributed by atoms with E-state index in [1.807, 2.05) is 0 Å². The third-order valence-corrected chi connectivity index (χ3v) is 4.48. The van der Waals surface area contributed by atoms with Gasteiger partial charge in [-0.25, -0.2) is 21.9 Å². The van der Waals surface area contributed by atoms with Crippen LogP contribution in [0.2, 0.25) is 5.02 Å². The molecular weight excluding hydrogens is 322 g/mol. The molecule has 0 heterocycles. The average molecular weight is 333 g/mol. The number of benzene rings is 2. The van der Waals surface area contributed by atoms with Gasteiger partial charge in [-0.05, 0) is 35.9 Å². The van der Waals surface area contributed by atoms with Crippen LogP contribution in [0.15, 0.2) is 41.3 Å². The standard InChI is InChI=1S/C13H11ClF2N2O2S/c14-10-5-8(1-3-11(10)16)7-18-21(19,20)13-4-2-9(15)6-12(13)17/h1-6,18H,7,17H2. The van der Waals surface area contributed by atoms with E-state index < -0.39 is 21.7 Å². The van der Waals surface area contributed by atoms with E-state index in [2.05, 4.69) is 4.72 Å². The first-order valence-corrected chi connectivity index (χ1v) is 7.64. The van der Waals surface area contributed by atoms with E-state index in [-0.39, 0.29) is 22.2 Å². The fraction of sp³-hybridized carbons (Fsp3) is 0.0769. The summed E-state index contributed by atoms with van der Waals surface area (Å²) in [4.78, 5) is -0.225. The summed E-state index contributed by atoms with van der Waals surface area (Å²) in [7, 11) is -3.91. The highest BCUT2D eigenvalue weighted by molar-refractivity contribution is 7.89. The minimum atomic E-state index is -3.91. The van der Waals surface area contributed by atoms with Crippen LogP contribution >= 0.6 is 11.6 Å². The lowest BCUT2D eigenvalue weighted by Gasteiger charge is -2.09. The molecule has 0 aliphatic rings. The lowest BCUT2D eigenvalue weighted by atomic mass is 10.2. The predicted octanol–water partition coefficient (Wildman–Crippen LogP) is 2.68. The van der Waals surface area contributed by atoms with Crippen molar-refractivity contribution in [2.45, 2.75) is 11.4 Å². The van der Waals surface area contributed by atoms with Crippen LogP contribution in [0.4, 0.5) is 14.5 Å². The van der Waals surface area contributed by atoms with E-state index in [0.29, 0.717) is 5.56 Å². The van der Waals surface area contributed by atoms with Gasteiger partial charge >= 0.3 is 0 Å². The predicted molar refractivity (Wildman–Crippen MR) is 76.2 cm³/mol. The van der Waals surface area contributed by atoms with Crippen molar-refractivity contribution >= 4 is 27.3 Å². The third-order valence-electron chi connectivity index (χ3n) is 2.71. The minimum absolute atomic E-state index is 0.0981. The summed E-state index contributed by atoms with van der Waals surface area (Å²) < 4.78 is 52.4. The Morgan fingerprint density at radius 2 is 1.86 bits per heavy atom. The first-order valence-electron chi connectivity index (χ1n) is 5.78. The summed E-state index contributed by atoms with van der Waals surface area (Å²) in [5.41, 5.74) is 5.77. The average Bonchev–Trinajstić information content (AvgIpc) is 2.40. The number of nitrogens with one attached hydrogen (secondary N) is 1. The fourth-order valence-corrected chi connectivity index (χ4v) is 3.00. The van der Waals surface area contributed by atoms with Gasteiger partial charge < -0.3 is 5.73 Å². The van der Waals surface area contributed by atoms with E-state index in [0.717, 1.165) is 24.3 Å². The summed E-state index contributed by atoms with van der Waals surface area (Å²) in [5, 5.41) is -0.104. The largest absolute Gasteiger partial charge is 0.398 e. The molecule has 4 nitrogen and oxygen atoms in total. The van der Waals surface area contributed by atoms with Gasteiger partial charge in [0.05, 0.1) is 10.7 Å². The van der Waals surface area contributed by atoms with Gasteiger partial charge in [-0.1, -0.05) is 17.7 Å². The highest BCUT2D eigenvalue weighted by Crippen LogP contribution is 2.20. The lowest BCUT2D eigenvalue weighted by Crippen LogP contribution is -2.24. The van der Waals surface area contributed by atoms with Gasteiger partial charge in [-0.3, -0.25) is 0 Å². The molecule has 112 valence electrons. The topological polar surface area (TPSA) is 72.2 Å². The van der Waals surface area contributed by atoms with Crippen LogP contribution in [-0.2, 0) is 16.6 Å². The molecule has 0 aliphatic carbocycles. The van der Waals surface area contributed by atoms with Crippen molar-refractivity contribution in [2.75, 3.05) is 5.73 Å². The molecule has 0 saturated carbocycles. The van der Waals surface area contributed by atoms with E-state index in [1.54, 1.807) is 0 Å². The van der Waals surface area contributed by atoms with E-state index in [1.165, 1.54) is 12.1 Å². The second-order valence-electron chi connectivity index (χ2n) is 4.26. The lowest BCUT2D eigenvalue weighted by molar-refractivity contribution is 0.581. The van der Waals surface area contributed by atoms with Crippen molar-refractivity contribution in [3.05, 3.63) is 58.6 Å². The molecule has 0 unspecified atom stereocenters. The number of anilines is 1. The summed E-state index contributed by atoms with van der Waals surface area (Å²) in [6, 6.07) is 6.84. The Hall–Kier alpha value is -1.70. The zero-order valence-electron chi connectivity index (χ0n) is 10.6. The molecule has 0 amide bonds. The Balaban J connectivity index is 2.19. The van der Waals surface area contributed by atoms with Crippen LogP contribution in [0.3, 0.4) is 0 Å². The van der Waals surface area contributed by atoms with Gasteiger partial charge in [-0.15, -0.1) is 0 Å². The highest BCUT2D eigenvalue weighted by atomic mass is 35.5. The van der Waals surface area contributed by atoms with Crippen LogP contribution < -0.4 is 10.5 Å². The normalized spacial score (nSPS) is 11.6. The van der Waals surface area contributed by atoms with Gasteiger partial charge in [0.15, 0.2) is 0 Å². The quantitative estimate of drug-likeness (QED) is 0.845. The third kappa shape index (κ3) is 3.69. The molecule has 0 aromatic heterocycles. The van der Waals surface area contributed by atoms with Crippen LogP contribution in [0.1, 0.15) is 5.56 Å². The molecule has 0 radical (unpaired) electrons. The van der Waals surface area contributed by atoms with Gasteiger partial charge in [-0.2, -0.15) is 0 Å². The maximum atomic E-state index is 13.0. The van der Waals surface area contributed by atoms with Gasteiger partial charge in [0.1, 0.15) is 16.5 Å².